The van der Waals surface area contributed by atoms with Crippen molar-refractivity contribution in [3.05, 3.63) is 186 Å². The fourth-order valence-corrected chi connectivity index (χ4v) is 8.36. The van der Waals surface area contributed by atoms with Crippen molar-refractivity contribution in [3.63, 3.8) is 0 Å². The molecule has 3 unspecified atom stereocenters. The van der Waals surface area contributed by atoms with Crippen molar-refractivity contribution < 1.29 is 9.15 Å². The van der Waals surface area contributed by atoms with Crippen molar-refractivity contribution in [2.24, 2.45) is 0 Å². The van der Waals surface area contributed by atoms with Crippen LogP contribution in [0.25, 0.3) is 66.7 Å². The van der Waals surface area contributed by atoms with Gasteiger partial charge in [-0.15, -0.1) is 0 Å². The summed E-state index contributed by atoms with van der Waals surface area (Å²) in [7, 11) is 0. The molecule has 0 saturated heterocycles. The van der Waals surface area contributed by atoms with Gasteiger partial charge in [0, 0.05) is 39.0 Å². The Morgan fingerprint density at radius 3 is 2.35 bits per heavy atom. The Labute approximate surface area is 301 Å². The van der Waals surface area contributed by atoms with Gasteiger partial charge in [-0.3, -0.25) is 0 Å². The zero-order valence-electron chi connectivity index (χ0n) is 28.2. The van der Waals surface area contributed by atoms with Gasteiger partial charge in [-0.2, -0.15) is 0 Å². The summed E-state index contributed by atoms with van der Waals surface area (Å²) >= 11 is 0. The molecule has 3 heterocycles. The summed E-state index contributed by atoms with van der Waals surface area (Å²) in [6.07, 6.45) is 11.7. The summed E-state index contributed by atoms with van der Waals surface area (Å²) in [6.45, 7) is 0. The summed E-state index contributed by atoms with van der Waals surface area (Å²) in [5, 5.41) is 4.65. The molecule has 0 saturated carbocycles. The number of aromatic nitrogens is 2. The number of fused-ring (bicyclic) bond motifs is 9. The van der Waals surface area contributed by atoms with E-state index in [4.69, 9.17) is 19.1 Å². The zero-order valence-corrected chi connectivity index (χ0v) is 28.2. The molecule has 4 nitrogen and oxygen atoms in total. The number of hydrogen-bond donors (Lipinski definition) is 0. The van der Waals surface area contributed by atoms with Crippen LogP contribution in [0.1, 0.15) is 52.6 Å². The first kappa shape index (κ1) is 29.2. The molecule has 0 amide bonds. The van der Waals surface area contributed by atoms with Crippen molar-refractivity contribution in [1.82, 2.24) is 9.97 Å². The molecular formula is C48H32N2O2. The minimum Gasteiger partial charge on any atom is -0.484 e. The molecule has 6 aromatic carbocycles. The van der Waals surface area contributed by atoms with Crippen LogP contribution in [-0.4, -0.2) is 9.97 Å². The van der Waals surface area contributed by atoms with Gasteiger partial charge in [0.05, 0.1) is 17.3 Å². The normalized spacial score (nSPS) is 18.6. The average Bonchev–Trinajstić information content (AvgIpc) is 3.79. The Hall–Kier alpha value is -6.52. The lowest BCUT2D eigenvalue weighted by Gasteiger charge is -2.28. The second-order valence-electron chi connectivity index (χ2n) is 14.0. The van der Waals surface area contributed by atoms with Crippen LogP contribution in [0.3, 0.4) is 0 Å². The van der Waals surface area contributed by atoms with Crippen molar-refractivity contribution in [3.8, 4) is 28.1 Å². The molecule has 0 fully saturated rings. The minimum absolute atomic E-state index is 0.0549. The van der Waals surface area contributed by atoms with Crippen LogP contribution in [0.4, 0.5) is 0 Å². The van der Waals surface area contributed by atoms with Crippen molar-refractivity contribution in [2.45, 2.75) is 24.4 Å². The lowest BCUT2D eigenvalue weighted by Crippen LogP contribution is -2.18. The number of para-hydroxylation sites is 1. The molecule has 3 aliphatic rings. The molecule has 0 bridgehead atoms. The SMILES string of the molecule is C1=CCC(c2cc(-c3ccc4oc5ccccc5c4c3)nc(C3=Cc4ccccc4C4Oc5cc(-c6ccc7ccccc7c6)ccc5C34)n2)C=C1. The molecule has 11 rings (SSSR count). The molecule has 4 heteroatoms. The summed E-state index contributed by atoms with van der Waals surface area (Å²) in [5.74, 6) is 1.76. The maximum absolute atomic E-state index is 6.95. The van der Waals surface area contributed by atoms with Gasteiger partial charge in [0.15, 0.2) is 5.82 Å². The topological polar surface area (TPSA) is 48.2 Å². The van der Waals surface area contributed by atoms with Crippen LogP contribution >= 0.6 is 0 Å². The van der Waals surface area contributed by atoms with E-state index in [-0.39, 0.29) is 17.9 Å². The number of allylic oxidation sites excluding steroid dienone is 4. The molecule has 52 heavy (non-hydrogen) atoms. The predicted molar refractivity (Wildman–Crippen MR) is 210 cm³/mol. The van der Waals surface area contributed by atoms with E-state index >= 15 is 0 Å². The van der Waals surface area contributed by atoms with Crippen molar-refractivity contribution >= 4 is 44.4 Å². The monoisotopic (exact) mass is 668 g/mol. The molecule has 246 valence electrons. The third kappa shape index (κ3) is 4.68. The molecule has 2 aliphatic carbocycles. The van der Waals surface area contributed by atoms with E-state index in [9.17, 15) is 0 Å². The van der Waals surface area contributed by atoms with E-state index in [1.165, 1.54) is 21.9 Å². The Kier molecular flexibility index (Phi) is 6.47. The first-order chi connectivity index (χ1) is 25.7. The first-order valence-corrected chi connectivity index (χ1v) is 18.0. The van der Waals surface area contributed by atoms with Crippen molar-refractivity contribution in [2.75, 3.05) is 0 Å². The van der Waals surface area contributed by atoms with E-state index in [0.717, 1.165) is 79.1 Å². The highest BCUT2D eigenvalue weighted by Gasteiger charge is 2.43. The summed E-state index contributed by atoms with van der Waals surface area (Å²) in [6, 6.07) is 47.2. The first-order valence-electron chi connectivity index (χ1n) is 18.0. The van der Waals surface area contributed by atoms with E-state index in [0.29, 0.717) is 0 Å². The van der Waals surface area contributed by atoms with E-state index in [1.807, 2.05) is 12.1 Å². The maximum Gasteiger partial charge on any atom is 0.156 e. The number of rotatable bonds is 4. The molecule has 0 radical (unpaired) electrons. The number of ether oxygens (including phenoxy) is 1. The van der Waals surface area contributed by atoms with Crippen LogP contribution in [0, 0.1) is 0 Å². The number of nitrogens with zero attached hydrogens (tertiary/aromatic N) is 2. The predicted octanol–water partition coefficient (Wildman–Crippen LogP) is 12.2. The second-order valence-corrected chi connectivity index (χ2v) is 14.0. The molecule has 8 aromatic rings. The van der Waals surface area contributed by atoms with Crippen LogP contribution in [0.15, 0.2) is 162 Å². The van der Waals surface area contributed by atoms with Gasteiger partial charge < -0.3 is 9.15 Å². The number of benzene rings is 6. The molecular weight excluding hydrogens is 637 g/mol. The minimum atomic E-state index is -0.181. The van der Waals surface area contributed by atoms with E-state index in [2.05, 4.69) is 152 Å². The van der Waals surface area contributed by atoms with E-state index in [1.54, 1.807) is 0 Å². The Balaban J connectivity index is 1.07. The lowest BCUT2D eigenvalue weighted by atomic mass is 9.78. The lowest BCUT2D eigenvalue weighted by molar-refractivity contribution is 0.226. The van der Waals surface area contributed by atoms with Gasteiger partial charge in [0.1, 0.15) is 23.0 Å². The van der Waals surface area contributed by atoms with Crippen LogP contribution in [0.2, 0.25) is 0 Å². The fraction of sp³-hybridized carbons (Fsp3) is 0.0833. The number of hydrogen-bond acceptors (Lipinski definition) is 4. The third-order valence-electron chi connectivity index (χ3n) is 11.0. The average molecular weight is 669 g/mol. The number of furan rings is 1. The van der Waals surface area contributed by atoms with E-state index < -0.39 is 0 Å². The molecule has 0 spiro atoms. The fourth-order valence-electron chi connectivity index (χ4n) is 8.36. The highest BCUT2D eigenvalue weighted by atomic mass is 16.5. The van der Waals surface area contributed by atoms with Crippen LogP contribution < -0.4 is 4.74 Å². The Morgan fingerprint density at radius 2 is 1.40 bits per heavy atom. The van der Waals surface area contributed by atoms with Gasteiger partial charge in [-0.1, -0.05) is 115 Å². The van der Waals surface area contributed by atoms with Gasteiger partial charge in [-0.25, -0.2) is 9.97 Å². The molecule has 2 aromatic heterocycles. The zero-order chi connectivity index (χ0) is 34.2. The quantitative estimate of drug-likeness (QED) is 0.187. The Morgan fingerprint density at radius 1 is 0.596 bits per heavy atom. The van der Waals surface area contributed by atoms with Gasteiger partial charge in [0.2, 0.25) is 0 Å². The largest absolute Gasteiger partial charge is 0.484 e. The molecule has 1 aliphatic heterocycles. The summed E-state index contributed by atoms with van der Waals surface area (Å²) in [4.78, 5) is 10.8. The second kappa shape index (κ2) is 11.5. The smallest absolute Gasteiger partial charge is 0.156 e. The van der Waals surface area contributed by atoms with Gasteiger partial charge >= 0.3 is 0 Å². The standard InChI is InChI=1S/C48H32N2O2/c1-2-11-30(12-3-1)41-28-42(35-21-23-44-39(26-35)37-16-8-9-17-43(37)51-44)50-48(49-41)40-25-34-14-6-7-15-36(34)47-46(40)38-22-20-33(27-45(38)52-47)32-19-18-29-10-4-5-13-31(29)24-32/h1-11,13-28,30,46-47H,12H2. The van der Waals surface area contributed by atoms with Gasteiger partial charge in [0.25, 0.3) is 0 Å². The molecule has 0 N–H and O–H groups in total. The Bertz CT molecular complexity index is 2840. The van der Waals surface area contributed by atoms with Crippen molar-refractivity contribution in [1.29, 1.82) is 0 Å². The maximum atomic E-state index is 6.95. The van der Waals surface area contributed by atoms with Gasteiger partial charge in [-0.05, 0) is 82.4 Å². The molecule has 3 atom stereocenters. The summed E-state index contributed by atoms with van der Waals surface area (Å²) in [5.41, 5.74) is 11.6. The highest BCUT2D eigenvalue weighted by Crippen LogP contribution is 2.56. The summed E-state index contributed by atoms with van der Waals surface area (Å²) < 4.78 is 13.1. The van der Waals surface area contributed by atoms with Crippen LogP contribution in [-0.2, 0) is 0 Å². The highest BCUT2D eigenvalue weighted by molar-refractivity contribution is 6.06. The van der Waals surface area contributed by atoms with Crippen LogP contribution in [0.5, 0.6) is 5.75 Å². The third-order valence-corrected chi connectivity index (χ3v) is 11.0.